The number of carbonyl (C=O) groups excluding carboxylic acids is 1. The molecule has 1 aromatic carbocycles. The fourth-order valence-corrected chi connectivity index (χ4v) is 3.47. The van der Waals surface area contributed by atoms with Crippen molar-refractivity contribution in [2.45, 2.75) is 45.8 Å². The Kier molecular flexibility index (Phi) is 5.04. The second-order valence-corrected chi connectivity index (χ2v) is 6.95. The van der Waals surface area contributed by atoms with Gasteiger partial charge in [-0.3, -0.25) is 20.2 Å². The Bertz CT molecular complexity index is 568. The van der Waals surface area contributed by atoms with Gasteiger partial charge in [-0.2, -0.15) is 0 Å². The number of nitrogens with zero attached hydrogens (tertiary/aromatic N) is 1. The van der Waals surface area contributed by atoms with Crippen LogP contribution in [0.15, 0.2) is 30.3 Å². The van der Waals surface area contributed by atoms with Gasteiger partial charge in [-0.1, -0.05) is 51.1 Å². The number of esters is 1. The van der Waals surface area contributed by atoms with Gasteiger partial charge in [-0.05, 0) is 17.9 Å². The van der Waals surface area contributed by atoms with Gasteiger partial charge >= 0.3 is 5.97 Å². The first kappa shape index (κ1) is 17.4. The second-order valence-electron chi connectivity index (χ2n) is 6.95. The van der Waals surface area contributed by atoms with Gasteiger partial charge in [0, 0.05) is 4.92 Å². The fourth-order valence-electron chi connectivity index (χ4n) is 3.47. The third-order valence-corrected chi connectivity index (χ3v) is 4.37. The fraction of sp³-hybridized carbons (Fsp3) is 0.588. The molecule has 1 heterocycles. The van der Waals surface area contributed by atoms with Crippen LogP contribution >= 0.6 is 0 Å². The molecule has 6 heteroatoms. The quantitative estimate of drug-likeness (QED) is 0.524. The highest BCUT2D eigenvalue weighted by atomic mass is 16.6. The van der Waals surface area contributed by atoms with Crippen molar-refractivity contribution >= 4 is 5.97 Å². The molecule has 0 aliphatic carbocycles. The Morgan fingerprint density at radius 3 is 2.39 bits per heavy atom. The summed E-state index contributed by atoms with van der Waals surface area (Å²) >= 11 is 0. The maximum atomic E-state index is 12.3. The van der Waals surface area contributed by atoms with Crippen molar-refractivity contribution in [1.82, 2.24) is 5.32 Å². The molecule has 0 radical (unpaired) electrons. The van der Waals surface area contributed by atoms with E-state index in [2.05, 4.69) is 5.32 Å². The zero-order chi connectivity index (χ0) is 17.2. The van der Waals surface area contributed by atoms with Crippen molar-refractivity contribution in [2.75, 3.05) is 6.61 Å². The molecule has 4 atom stereocenters. The highest BCUT2D eigenvalue weighted by Gasteiger charge is 2.58. The van der Waals surface area contributed by atoms with Gasteiger partial charge in [0.25, 0.3) is 0 Å². The van der Waals surface area contributed by atoms with E-state index in [1.54, 1.807) is 6.92 Å². The van der Waals surface area contributed by atoms with E-state index in [1.165, 1.54) is 0 Å². The van der Waals surface area contributed by atoms with Crippen molar-refractivity contribution in [1.29, 1.82) is 0 Å². The molecule has 1 N–H and O–H groups in total. The minimum absolute atomic E-state index is 0.257. The van der Waals surface area contributed by atoms with E-state index >= 15 is 0 Å². The van der Waals surface area contributed by atoms with Crippen LogP contribution in [-0.4, -0.2) is 29.6 Å². The Labute approximate surface area is 136 Å². The molecule has 126 valence electrons. The summed E-state index contributed by atoms with van der Waals surface area (Å²) in [5.74, 6) is -0.875. The van der Waals surface area contributed by atoms with Crippen molar-refractivity contribution in [3.8, 4) is 0 Å². The van der Waals surface area contributed by atoms with E-state index < -0.39 is 35.4 Å². The largest absolute Gasteiger partial charge is 0.465 e. The minimum atomic E-state index is -0.883. The molecule has 0 aromatic heterocycles. The molecule has 4 unspecified atom stereocenters. The summed E-state index contributed by atoms with van der Waals surface area (Å²) < 4.78 is 5.14. The summed E-state index contributed by atoms with van der Waals surface area (Å²) in [4.78, 5) is 23.9. The van der Waals surface area contributed by atoms with Gasteiger partial charge in [0.15, 0.2) is 0 Å². The van der Waals surface area contributed by atoms with Gasteiger partial charge in [0.2, 0.25) is 6.04 Å². The lowest BCUT2D eigenvalue weighted by atomic mass is 9.73. The molecule has 0 spiro atoms. The molecule has 0 amide bonds. The van der Waals surface area contributed by atoms with E-state index in [1.807, 2.05) is 51.1 Å². The molecule has 2 rings (SSSR count). The molecule has 0 saturated carbocycles. The van der Waals surface area contributed by atoms with Crippen LogP contribution in [0.4, 0.5) is 0 Å². The zero-order valence-electron chi connectivity index (χ0n) is 14.0. The molecule has 1 aliphatic rings. The van der Waals surface area contributed by atoms with Crippen LogP contribution in [0.1, 0.15) is 39.3 Å². The Morgan fingerprint density at radius 2 is 1.91 bits per heavy atom. The lowest BCUT2D eigenvalue weighted by molar-refractivity contribution is -0.535. The number of rotatable bonds is 4. The lowest BCUT2D eigenvalue weighted by Gasteiger charge is -2.31. The van der Waals surface area contributed by atoms with E-state index in [-0.39, 0.29) is 11.5 Å². The van der Waals surface area contributed by atoms with Crippen molar-refractivity contribution < 1.29 is 14.5 Å². The van der Waals surface area contributed by atoms with Crippen LogP contribution in [0, 0.1) is 21.4 Å². The highest BCUT2D eigenvalue weighted by Crippen LogP contribution is 2.43. The highest BCUT2D eigenvalue weighted by molar-refractivity contribution is 5.77. The van der Waals surface area contributed by atoms with Crippen molar-refractivity contribution in [2.24, 2.45) is 11.3 Å². The number of carbonyl (C=O) groups is 1. The molecular weight excluding hydrogens is 296 g/mol. The number of hydrogen-bond donors (Lipinski definition) is 1. The van der Waals surface area contributed by atoms with Crippen LogP contribution in [-0.2, 0) is 9.53 Å². The molecule has 0 bridgehead atoms. The summed E-state index contributed by atoms with van der Waals surface area (Å²) in [5, 5.41) is 14.9. The summed E-state index contributed by atoms with van der Waals surface area (Å²) in [7, 11) is 0. The number of nitro groups is 1. The topological polar surface area (TPSA) is 81.5 Å². The molecule has 1 aliphatic heterocycles. The maximum absolute atomic E-state index is 12.3. The normalized spacial score (nSPS) is 27.7. The Hall–Kier alpha value is -1.95. The molecule has 6 nitrogen and oxygen atoms in total. The van der Waals surface area contributed by atoms with E-state index in [0.717, 1.165) is 5.56 Å². The first-order chi connectivity index (χ1) is 10.8. The van der Waals surface area contributed by atoms with E-state index in [4.69, 9.17) is 4.74 Å². The first-order valence-corrected chi connectivity index (χ1v) is 7.88. The Morgan fingerprint density at radius 1 is 1.30 bits per heavy atom. The van der Waals surface area contributed by atoms with Crippen molar-refractivity contribution in [3.63, 3.8) is 0 Å². The molecule has 1 aromatic rings. The van der Waals surface area contributed by atoms with Crippen LogP contribution in [0.2, 0.25) is 0 Å². The van der Waals surface area contributed by atoms with Crippen LogP contribution in [0.5, 0.6) is 0 Å². The summed E-state index contributed by atoms with van der Waals surface area (Å²) in [6.07, 6.45) is 0. The predicted octanol–water partition coefficient (Wildman–Crippen LogP) is 2.57. The van der Waals surface area contributed by atoms with E-state index in [0.29, 0.717) is 0 Å². The predicted molar refractivity (Wildman–Crippen MR) is 86.5 cm³/mol. The Balaban J connectivity index is 2.45. The molecule has 23 heavy (non-hydrogen) atoms. The van der Waals surface area contributed by atoms with E-state index in [9.17, 15) is 14.9 Å². The summed E-state index contributed by atoms with van der Waals surface area (Å²) in [5.41, 5.74) is 0.404. The first-order valence-electron chi connectivity index (χ1n) is 7.88. The van der Waals surface area contributed by atoms with Gasteiger partial charge in [-0.25, -0.2) is 0 Å². The zero-order valence-corrected chi connectivity index (χ0v) is 14.0. The lowest BCUT2D eigenvalue weighted by Crippen LogP contribution is -2.45. The SMILES string of the molecule is CCOC(=O)C1NC(c2ccccc2)C([N+](=O)[O-])C1C(C)(C)C. The van der Waals surface area contributed by atoms with Gasteiger partial charge in [0.05, 0.1) is 12.5 Å². The minimum Gasteiger partial charge on any atom is -0.465 e. The van der Waals surface area contributed by atoms with Gasteiger partial charge in [-0.15, -0.1) is 0 Å². The van der Waals surface area contributed by atoms with Crippen LogP contribution < -0.4 is 5.32 Å². The second kappa shape index (κ2) is 6.66. The van der Waals surface area contributed by atoms with Crippen LogP contribution in [0.25, 0.3) is 0 Å². The molecule has 1 fully saturated rings. The molecular formula is C17H24N2O4. The average molecular weight is 320 g/mol. The number of hydrogen-bond acceptors (Lipinski definition) is 5. The monoisotopic (exact) mass is 320 g/mol. The summed E-state index contributed by atoms with van der Waals surface area (Å²) in [6.45, 7) is 7.77. The van der Waals surface area contributed by atoms with Gasteiger partial charge < -0.3 is 4.74 Å². The number of ether oxygens (including phenoxy) is 1. The standard InChI is InChI=1S/C17H24N2O4/c1-5-23-16(20)14-12(17(2,3)4)15(19(21)22)13(18-14)11-9-7-6-8-10-11/h6-10,12-15,18H,5H2,1-4H3. The van der Waals surface area contributed by atoms with Crippen LogP contribution in [0.3, 0.4) is 0 Å². The average Bonchev–Trinajstić information content (AvgIpc) is 2.89. The van der Waals surface area contributed by atoms with Crippen molar-refractivity contribution in [3.05, 3.63) is 46.0 Å². The number of nitrogens with one attached hydrogen (secondary N) is 1. The van der Waals surface area contributed by atoms with Gasteiger partial charge in [0.1, 0.15) is 12.1 Å². The number of benzene rings is 1. The third-order valence-electron chi connectivity index (χ3n) is 4.37. The third kappa shape index (κ3) is 3.52. The maximum Gasteiger partial charge on any atom is 0.323 e. The molecule has 1 saturated heterocycles. The summed E-state index contributed by atoms with van der Waals surface area (Å²) in [6, 6.07) is 7.18. The smallest absolute Gasteiger partial charge is 0.323 e.